The first-order valence-corrected chi connectivity index (χ1v) is 12.6. The fourth-order valence-corrected chi connectivity index (χ4v) is 6.54. The fourth-order valence-electron chi connectivity index (χ4n) is 4.93. The summed E-state index contributed by atoms with van der Waals surface area (Å²) in [6.45, 7) is 1.95. The third kappa shape index (κ3) is 5.40. The number of rotatable bonds is 7. The van der Waals surface area contributed by atoms with Crippen LogP contribution in [0.15, 0.2) is 29.4 Å². The Morgan fingerprint density at radius 2 is 1.85 bits per heavy atom. The molecule has 0 unspecified atom stereocenters. The Morgan fingerprint density at radius 1 is 1.18 bits per heavy atom. The molecule has 0 radical (unpaired) electrons. The molecule has 12 heteroatoms. The van der Waals surface area contributed by atoms with E-state index in [2.05, 4.69) is 15.2 Å². The van der Waals surface area contributed by atoms with Gasteiger partial charge in [-0.2, -0.15) is 4.31 Å². The normalized spacial score (nSPS) is 19.4. The maximum atomic E-state index is 13.3. The molecule has 0 spiro atoms. The Hall–Kier alpha value is -1.59. The first-order valence-electron chi connectivity index (χ1n) is 10.8. The number of carbonyl (C=O) groups is 1. The average Bonchev–Trinajstić information content (AvgIpc) is 3.42. The van der Waals surface area contributed by atoms with E-state index in [-0.39, 0.29) is 33.8 Å². The number of ketones is 1. The van der Waals surface area contributed by atoms with Crippen LogP contribution < -0.4 is 0 Å². The fraction of sp³-hybridized carbons (Fsp3) is 0.571. The smallest absolute Gasteiger partial charge is 0.264 e. The summed E-state index contributed by atoms with van der Waals surface area (Å²) in [5.74, 6) is -0.557. The first kappa shape index (κ1) is 26.0. The molecule has 0 bridgehead atoms. The second-order valence-corrected chi connectivity index (χ2v) is 10.9. The van der Waals surface area contributed by atoms with Crippen LogP contribution in [-0.2, 0) is 17.1 Å². The number of aromatic nitrogens is 3. The molecule has 4 rings (SSSR count). The number of hydrogen-bond donors (Lipinski definition) is 0. The van der Waals surface area contributed by atoms with E-state index >= 15 is 0 Å². The number of piperazine rings is 1. The van der Waals surface area contributed by atoms with Crippen molar-refractivity contribution in [2.24, 2.45) is 7.05 Å². The van der Waals surface area contributed by atoms with Crippen LogP contribution in [-0.4, -0.2) is 70.1 Å². The Balaban J connectivity index is 0.00000306. The Kier molecular flexibility index (Phi) is 8.16. The molecule has 1 saturated carbocycles. The Bertz CT molecular complexity index is 1100. The zero-order valence-corrected chi connectivity index (χ0v) is 20.8. The third-order valence-electron chi connectivity index (χ3n) is 6.68. The van der Waals surface area contributed by atoms with Gasteiger partial charge in [0.05, 0.1) is 11.2 Å². The lowest BCUT2D eigenvalue weighted by Crippen LogP contribution is -2.57. The number of halogens is 3. The molecule has 1 aromatic heterocycles. The average molecular weight is 520 g/mol. The highest BCUT2D eigenvalue weighted by Crippen LogP contribution is 2.40. The molecule has 182 valence electrons. The molecular formula is C21H28Cl2FN5O3S. The zero-order chi connectivity index (χ0) is 22.9. The number of nitrogens with zero attached hydrogens (tertiary/aromatic N) is 5. The molecule has 1 aromatic carbocycles. The monoisotopic (exact) mass is 519 g/mol. The molecule has 0 amide bonds. The summed E-state index contributed by atoms with van der Waals surface area (Å²) in [4.78, 5) is 15.1. The lowest BCUT2D eigenvalue weighted by molar-refractivity contribution is 0.0476. The minimum atomic E-state index is -3.67. The third-order valence-corrected chi connectivity index (χ3v) is 8.75. The summed E-state index contributed by atoms with van der Waals surface area (Å²) in [7, 11) is -2.03. The number of benzene rings is 1. The molecule has 0 N–H and O–H groups in total. The number of sulfonamides is 1. The second-order valence-electron chi connectivity index (χ2n) is 8.60. The summed E-state index contributed by atoms with van der Waals surface area (Å²) in [6.07, 6.45) is 6.54. The lowest BCUT2D eigenvalue weighted by Gasteiger charge is -2.45. The van der Waals surface area contributed by atoms with Crippen molar-refractivity contribution in [1.82, 2.24) is 24.2 Å². The molecule has 1 saturated heterocycles. The van der Waals surface area contributed by atoms with Gasteiger partial charge in [-0.3, -0.25) is 14.4 Å². The number of hydrogen-bond acceptors (Lipinski definition) is 6. The van der Waals surface area contributed by atoms with Crippen LogP contribution in [0.3, 0.4) is 0 Å². The summed E-state index contributed by atoms with van der Waals surface area (Å²) in [6, 6.07) is 3.86. The van der Waals surface area contributed by atoms with Gasteiger partial charge >= 0.3 is 0 Å². The van der Waals surface area contributed by atoms with E-state index < -0.39 is 15.8 Å². The van der Waals surface area contributed by atoms with Gasteiger partial charge in [0.25, 0.3) is 10.0 Å². The maximum Gasteiger partial charge on any atom is 0.264 e. The zero-order valence-electron chi connectivity index (χ0n) is 18.4. The van der Waals surface area contributed by atoms with E-state index in [0.29, 0.717) is 44.6 Å². The van der Waals surface area contributed by atoms with Gasteiger partial charge in [0.2, 0.25) is 5.03 Å². The summed E-state index contributed by atoms with van der Waals surface area (Å²) >= 11 is 6.07. The van der Waals surface area contributed by atoms with E-state index in [9.17, 15) is 17.6 Å². The van der Waals surface area contributed by atoms with Gasteiger partial charge < -0.3 is 0 Å². The molecule has 1 aliphatic heterocycles. The van der Waals surface area contributed by atoms with Crippen LogP contribution in [0, 0.1) is 5.82 Å². The van der Waals surface area contributed by atoms with E-state index in [4.69, 9.17) is 11.6 Å². The van der Waals surface area contributed by atoms with Crippen molar-refractivity contribution in [2.45, 2.75) is 49.1 Å². The van der Waals surface area contributed by atoms with Crippen LogP contribution in [0.4, 0.5) is 4.39 Å². The molecule has 2 fully saturated rings. The van der Waals surface area contributed by atoms with Crippen molar-refractivity contribution < 1.29 is 17.6 Å². The van der Waals surface area contributed by atoms with E-state index in [1.165, 1.54) is 27.3 Å². The Labute approximate surface area is 204 Å². The highest BCUT2D eigenvalue weighted by atomic mass is 35.5. The molecule has 2 aromatic rings. The quantitative estimate of drug-likeness (QED) is 0.521. The standard InChI is InChI=1S/C21H27ClFN5O3S.ClH/c1-26-15-20(24-25-26)32(30,31)28-12-10-27(11-13-28)21(7-2-3-8-21)9-6-19(29)17-5-4-16(23)14-18(17)22;/h4-5,14-15H,2-3,6-13H2,1H3;1H. The van der Waals surface area contributed by atoms with Crippen molar-refractivity contribution >= 4 is 39.8 Å². The van der Waals surface area contributed by atoms with Crippen molar-refractivity contribution in [2.75, 3.05) is 26.2 Å². The predicted molar refractivity (Wildman–Crippen MR) is 125 cm³/mol. The topological polar surface area (TPSA) is 88.4 Å². The van der Waals surface area contributed by atoms with E-state index in [1.807, 2.05) is 0 Å². The van der Waals surface area contributed by atoms with E-state index in [1.54, 1.807) is 7.05 Å². The molecule has 2 heterocycles. The van der Waals surface area contributed by atoms with E-state index in [0.717, 1.165) is 31.7 Å². The molecule has 8 nitrogen and oxygen atoms in total. The minimum Gasteiger partial charge on any atom is -0.295 e. The van der Waals surface area contributed by atoms with Crippen LogP contribution in [0.1, 0.15) is 48.9 Å². The first-order chi connectivity index (χ1) is 15.2. The van der Waals surface area contributed by atoms with Gasteiger partial charge in [-0.15, -0.1) is 17.5 Å². The molecule has 1 aliphatic carbocycles. The van der Waals surface area contributed by atoms with Crippen molar-refractivity contribution in [3.8, 4) is 0 Å². The van der Waals surface area contributed by atoms with Crippen LogP contribution in [0.25, 0.3) is 0 Å². The van der Waals surface area contributed by atoms with Gasteiger partial charge in [-0.1, -0.05) is 29.7 Å². The Morgan fingerprint density at radius 3 is 2.42 bits per heavy atom. The van der Waals surface area contributed by atoms with Crippen LogP contribution in [0.2, 0.25) is 5.02 Å². The summed E-state index contributed by atoms with van der Waals surface area (Å²) < 4.78 is 41.8. The largest absolute Gasteiger partial charge is 0.295 e. The van der Waals surface area contributed by atoms with Crippen LogP contribution >= 0.6 is 24.0 Å². The summed E-state index contributed by atoms with van der Waals surface area (Å²) in [5.41, 5.74) is 0.228. The SMILES string of the molecule is Cl.Cn1cc(S(=O)(=O)N2CCN(C3(CCC(=O)c4ccc(F)cc4Cl)CCCC3)CC2)nn1. The van der Waals surface area contributed by atoms with Gasteiger partial charge in [-0.25, -0.2) is 12.8 Å². The molecule has 2 aliphatic rings. The van der Waals surface area contributed by atoms with Gasteiger partial charge in [0.15, 0.2) is 5.78 Å². The highest BCUT2D eigenvalue weighted by Gasteiger charge is 2.42. The van der Waals surface area contributed by atoms with Crippen LogP contribution in [0.5, 0.6) is 0 Å². The van der Waals surface area contributed by atoms with Gasteiger partial charge in [0.1, 0.15) is 5.82 Å². The number of carbonyl (C=O) groups excluding carboxylic acids is 1. The predicted octanol–water partition coefficient (Wildman–Crippen LogP) is 3.31. The van der Waals surface area contributed by atoms with Crippen molar-refractivity contribution in [3.63, 3.8) is 0 Å². The highest BCUT2D eigenvalue weighted by molar-refractivity contribution is 7.89. The minimum absolute atomic E-state index is 0. The van der Waals surface area contributed by atoms with Crippen molar-refractivity contribution in [1.29, 1.82) is 0 Å². The van der Waals surface area contributed by atoms with Gasteiger partial charge in [-0.05, 0) is 37.5 Å². The second kappa shape index (κ2) is 10.4. The summed E-state index contributed by atoms with van der Waals surface area (Å²) in [5, 5.41) is 7.59. The van der Waals surface area contributed by atoms with Crippen molar-refractivity contribution in [3.05, 3.63) is 40.8 Å². The number of Topliss-reactive ketones (excluding diaryl/α,β-unsaturated/α-hetero) is 1. The molecule has 0 atom stereocenters. The molecule has 33 heavy (non-hydrogen) atoms. The van der Waals surface area contributed by atoms with Gasteiger partial charge in [0, 0.05) is 50.7 Å². The number of aryl methyl sites for hydroxylation is 1. The maximum absolute atomic E-state index is 13.3. The molecular weight excluding hydrogens is 492 g/mol. The lowest BCUT2D eigenvalue weighted by atomic mass is 9.87.